The lowest BCUT2D eigenvalue weighted by Crippen LogP contribution is -2.40. The Morgan fingerprint density at radius 3 is 2.43 bits per heavy atom. The molecule has 0 radical (unpaired) electrons. The molecule has 1 aliphatic rings. The molecule has 0 spiro atoms. The zero-order valence-electron chi connectivity index (χ0n) is 16.6. The third kappa shape index (κ3) is 5.00. The Morgan fingerprint density at radius 1 is 1.10 bits per heavy atom. The van der Waals surface area contributed by atoms with Crippen LogP contribution in [0.15, 0.2) is 30.3 Å². The molecule has 0 aliphatic carbocycles. The van der Waals surface area contributed by atoms with Gasteiger partial charge < -0.3 is 14.8 Å². The normalized spacial score (nSPS) is 14.1. The van der Waals surface area contributed by atoms with E-state index in [1.807, 2.05) is 6.07 Å². The van der Waals surface area contributed by atoms with Crippen molar-refractivity contribution < 1.29 is 22.7 Å². The summed E-state index contributed by atoms with van der Waals surface area (Å²) >= 11 is 11.9. The van der Waals surface area contributed by atoms with Crippen LogP contribution in [0.3, 0.4) is 0 Å². The summed E-state index contributed by atoms with van der Waals surface area (Å²) in [5.74, 6) is 0.481. The van der Waals surface area contributed by atoms with Crippen LogP contribution in [0, 0.1) is 0 Å². The highest BCUT2D eigenvalue weighted by atomic mass is 35.5. The molecular weight excluding hydrogens is 451 g/mol. The second kappa shape index (κ2) is 9.43. The summed E-state index contributed by atoms with van der Waals surface area (Å²) in [4.78, 5) is 12.3. The first-order valence-corrected chi connectivity index (χ1v) is 11.6. The molecule has 3 rings (SSSR count). The van der Waals surface area contributed by atoms with Gasteiger partial charge in [0.15, 0.2) is 11.5 Å². The van der Waals surface area contributed by atoms with E-state index in [0.717, 1.165) is 11.1 Å². The first-order chi connectivity index (χ1) is 14.2. The highest BCUT2D eigenvalue weighted by molar-refractivity contribution is 7.89. The van der Waals surface area contributed by atoms with Crippen molar-refractivity contribution in [1.82, 2.24) is 9.62 Å². The van der Waals surface area contributed by atoms with Crippen molar-refractivity contribution in [3.05, 3.63) is 57.1 Å². The fourth-order valence-corrected chi connectivity index (χ4v) is 4.98. The Morgan fingerprint density at radius 2 is 1.77 bits per heavy atom. The van der Waals surface area contributed by atoms with Gasteiger partial charge in [-0.15, -0.1) is 0 Å². The summed E-state index contributed by atoms with van der Waals surface area (Å²) in [7, 11) is -0.468. The van der Waals surface area contributed by atoms with Crippen molar-refractivity contribution in [3.63, 3.8) is 0 Å². The summed E-state index contributed by atoms with van der Waals surface area (Å²) < 4.78 is 37.6. The Balaban J connectivity index is 1.64. The van der Waals surface area contributed by atoms with Gasteiger partial charge in [0, 0.05) is 24.7 Å². The topological polar surface area (TPSA) is 84.9 Å². The van der Waals surface area contributed by atoms with Gasteiger partial charge in [-0.05, 0) is 47.9 Å². The Hall–Kier alpha value is -2.00. The molecular formula is C20H22Cl2N2O5S. The van der Waals surface area contributed by atoms with Crippen LogP contribution in [0.4, 0.5) is 0 Å². The van der Waals surface area contributed by atoms with Gasteiger partial charge in [-0.25, -0.2) is 8.42 Å². The van der Waals surface area contributed by atoms with Gasteiger partial charge in [0.05, 0.1) is 30.6 Å². The Kier molecular flexibility index (Phi) is 7.13. The minimum absolute atomic E-state index is 0.0424. The number of benzene rings is 2. The van der Waals surface area contributed by atoms with E-state index >= 15 is 0 Å². The van der Waals surface area contributed by atoms with Crippen LogP contribution in [0.2, 0.25) is 10.0 Å². The van der Waals surface area contributed by atoms with Gasteiger partial charge in [0.1, 0.15) is 0 Å². The number of hydrogen-bond acceptors (Lipinski definition) is 5. The van der Waals surface area contributed by atoms with Crippen molar-refractivity contribution in [3.8, 4) is 11.5 Å². The molecule has 0 atom stereocenters. The van der Waals surface area contributed by atoms with Crippen LogP contribution >= 0.6 is 23.2 Å². The number of carbonyl (C=O) groups excluding carboxylic acids is 1. The second-order valence-corrected chi connectivity index (χ2v) is 9.69. The molecule has 0 saturated heterocycles. The Bertz CT molecular complexity index is 1060. The average molecular weight is 473 g/mol. The molecule has 30 heavy (non-hydrogen) atoms. The van der Waals surface area contributed by atoms with Gasteiger partial charge in [-0.3, -0.25) is 4.79 Å². The van der Waals surface area contributed by atoms with E-state index in [1.54, 1.807) is 19.2 Å². The molecule has 1 amide bonds. The summed E-state index contributed by atoms with van der Waals surface area (Å²) in [6.45, 7) is 0.560. The largest absolute Gasteiger partial charge is 0.493 e. The number of amides is 1. The molecule has 2 aromatic rings. The standard InChI is InChI=1S/C20H22Cl2N2O5S/c1-28-18-9-13-5-7-24(12-14(13)10-19(18)29-2)30(26,27)8-6-23-20(25)16-11-15(21)3-4-17(16)22/h3-4,9-11H,5-8,12H2,1-2H3,(H,23,25). The molecule has 0 saturated carbocycles. The minimum Gasteiger partial charge on any atom is -0.493 e. The van der Waals surface area contributed by atoms with E-state index in [0.29, 0.717) is 29.5 Å². The van der Waals surface area contributed by atoms with Gasteiger partial charge in [-0.1, -0.05) is 23.2 Å². The zero-order chi connectivity index (χ0) is 21.9. The highest BCUT2D eigenvalue weighted by Gasteiger charge is 2.28. The molecule has 1 heterocycles. The van der Waals surface area contributed by atoms with Crippen molar-refractivity contribution in [2.75, 3.05) is 33.1 Å². The fraction of sp³-hybridized carbons (Fsp3) is 0.350. The summed E-state index contributed by atoms with van der Waals surface area (Å²) in [5.41, 5.74) is 2.11. The molecule has 0 aromatic heterocycles. The number of halogens is 2. The Labute approximate surface area is 185 Å². The van der Waals surface area contributed by atoms with Crippen LogP contribution in [-0.2, 0) is 23.0 Å². The van der Waals surface area contributed by atoms with E-state index in [2.05, 4.69) is 5.32 Å². The molecule has 2 aromatic carbocycles. The van der Waals surface area contributed by atoms with Crippen LogP contribution in [0.5, 0.6) is 11.5 Å². The maximum Gasteiger partial charge on any atom is 0.252 e. The van der Waals surface area contributed by atoms with E-state index in [1.165, 1.54) is 23.5 Å². The molecule has 0 bridgehead atoms. The number of sulfonamides is 1. The highest BCUT2D eigenvalue weighted by Crippen LogP contribution is 2.33. The number of methoxy groups -OCH3 is 2. The van der Waals surface area contributed by atoms with Crippen LogP contribution in [0.25, 0.3) is 0 Å². The quantitative estimate of drug-likeness (QED) is 0.668. The monoisotopic (exact) mass is 472 g/mol. The lowest BCUT2D eigenvalue weighted by molar-refractivity contribution is 0.0956. The molecule has 0 fully saturated rings. The molecule has 1 N–H and O–H groups in total. The van der Waals surface area contributed by atoms with Crippen molar-refractivity contribution in [2.45, 2.75) is 13.0 Å². The molecule has 162 valence electrons. The summed E-state index contributed by atoms with van der Waals surface area (Å²) in [5, 5.41) is 3.21. The number of carbonyl (C=O) groups is 1. The average Bonchev–Trinajstić information content (AvgIpc) is 2.73. The van der Waals surface area contributed by atoms with E-state index in [4.69, 9.17) is 32.7 Å². The predicted octanol–water partition coefficient (Wildman–Crippen LogP) is 3.13. The number of nitrogens with zero attached hydrogens (tertiary/aromatic N) is 1. The number of ether oxygens (including phenoxy) is 2. The molecule has 7 nitrogen and oxygen atoms in total. The molecule has 10 heteroatoms. The first kappa shape index (κ1) is 22.7. The maximum atomic E-state index is 12.8. The van der Waals surface area contributed by atoms with Crippen LogP contribution in [0.1, 0.15) is 21.5 Å². The number of hydrogen-bond donors (Lipinski definition) is 1. The van der Waals surface area contributed by atoms with Gasteiger partial charge in [0.25, 0.3) is 5.91 Å². The SMILES string of the molecule is COc1cc2c(cc1OC)CN(S(=O)(=O)CCNC(=O)c1cc(Cl)ccc1Cl)CC2. The van der Waals surface area contributed by atoms with E-state index < -0.39 is 15.9 Å². The number of rotatable bonds is 7. The van der Waals surface area contributed by atoms with Crippen molar-refractivity contribution >= 4 is 39.1 Å². The van der Waals surface area contributed by atoms with Crippen molar-refractivity contribution in [1.29, 1.82) is 0 Å². The predicted molar refractivity (Wildman–Crippen MR) is 116 cm³/mol. The summed E-state index contributed by atoms with van der Waals surface area (Å²) in [6.07, 6.45) is 0.569. The number of nitrogens with one attached hydrogen (secondary N) is 1. The third-order valence-corrected chi connectivity index (χ3v) is 7.28. The fourth-order valence-electron chi connectivity index (χ4n) is 3.28. The molecule has 1 aliphatic heterocycles. The smallest absolute Gasteiger partial charge is 0.252 e. The lowest BCUT2D eigenvalue weighted by Gasteiger charge is -2.29. The van der Waals surface area contributed by atoms with Crippen LogP contribution in [-0.4, -0.2) is 51.7 Å². The van der Waals surface area contributed by atoms with Crippen molar-refractivity contribution in [2.24, 2.45) is 0 Å². The molecule has 0 unspecified atom stereocenters. The van der Waals surface area contributed by atoms with Crippen LogP contribution < -0.4 is 14.8 Å². The van der Waals surface area contributed by atoms with E-state index in [-0.39, 0.29) is 29.4 Å². The maximum absolute atomic E-state index is 12.8. The zero-order valence-corrected chi connectivity index (χ0v) is 18.9. The van der Waals surface area contributed by atoms with Gasteiger partial charge in [0.2, 0.25) is 10.0 Å². The summed E-state index contributed by atoms with van der Waals surface area (Å²) in [6, 6.07) is 8.22. The minimum atomic E-state index is -3.57. The first-order valence-electron chi connectivity index (χ1n) is 9.20. The lowest BCUT2D eigenvalue weighted by atomic mass is 10.0. The van der Waals surface area contributed by atoms with E-state index in [9.17, 15) is 13.2 Å². The second-order valence-electron chi connectivity index (χ2n) is 6.76. The number of fused-ring (bicyclic) bond motifs is 1. The van der Waals surface area contributed by atoms with Gasteiger partial charge >= 0.3 is 0 Å². The third-order valence-electron chi connectivity index (χ3n) is 4.90. The van der Waals surface area contributed by atoms with Gasteiger partial charge in [-0.2, -0.15) is 4.31 Å².